The van der Waals surface area contributed by atoms with Gasteiger partial charge in [0, 0.05) is 18.2 Å². The molecule has 1 aromatic rings. The third-order valence-corrected chi connectivity index (χ3v) is 4.38. The van der Waals surface area contributed by atoms with Crippen molar-refractivity contribution >= 4 is 11.7 Å². The molecule has 6 nitrogen and oxygen atoms in total. The molecule has 0 aromatic heterocycles. The minimum absolute atomic E-state index is 0.0299. The van der Waals surface area contributed by atoms with Crippen LogP contribution in [0.5, 0.6) is 0 Å². The molecule has 0 bridgehead atoms. The third-order valence-electron chi connectivity index (χ3n) is 4.38. The number of hydrogen-bond donors (Lipinski definition) is 0. The van der Waals surface area contributed by atoms with Crippen LogP contribution in [-0.2, 0) is 4.74 Å². The van der Waals surface area contributed by atoms with E-state index in [1.165, 1.54) is 43.5 Å². The van der Waals surface area contributed by atoms with Crippen molar-refractivity contribution in [1.82, 2.24) is 4.90 Å². The topological polar surface area (TPSA) is 72.7 Å². The number of ether oxygens (including phenoxy) is 1. The van der Waals surface area contributed by atoms with Crippen LogP contribution in [0.4, 0.5) is 5.69 Å². The van der Waals surface area contributed by atoms with Crippen molar-refractivity contribution in [2.24, 2.45) is 0 Å². The van der Waals surface area contributed by atoms with E-state index in [1.807, 2.05) is 0 Å². The Bertz CT molecular complexity index is 524. The number of rotatable bonds is 7. The van der Waals surface area contributed by atoms with Gasteiger partial charge in [0.15, 0.2) is 0 Å². The van der Waals surface area contributed by atoms with E-state index in [1.54, 1.807) is 0 Å². The Balaban J connectivity index is 1.80. The van der Waals surface area contributed by atoms with E-state index in [9.17, 15) is 14.9 Å². The van der Waals surface area contributed by atoms with E-state index in [-0.39, 0.29) is 5.69 Å². The Kier molecular flexibility index (Phi) is 6.52. The van der Waals surface area contributed by atoms with E-state index in [0.29, 0.717) is 18.2 Å². The molecule has 0 saturated carbocycles. The average Bonchev–Trinajstić information content (AvgIpc) is 2.59. The van der Waals surface area contributed by atoms with Gasteiger partial charge in [0.1, 0.15) is 0 Å². The van der Waals surface area contributed by atoms with E-state index < -0.39 is 10.9 Å². The third kappa shape index (κ3) is 5.03. The predicted octanol–water partition coefficient (Wildman–Crippen LogP) is 3.41. The molecular weight excluding hydrogens is 296 g/mol. The van der Waals surface area contributed by atoms with Gasteiger partial charge in [-0.25, -0.2) is 4.79 Å². The van der Waals surface area contributed by atoms with Crippen LogP contribution in [0.15, 0.2) is 24.3 Å². The summed E-state index contributed by atoms with van der Waals surface area (Å²) in [6.45, 7) is 4.81. The number of carbonyl (C=O) groups is 1. The second kappa shape index (κ2) is 8.62. The highest BCUT2D eigenvalue weighted by atomic mass is 16.6. The van der Waals surface area contributed by atoms with Crippen LogP contribution in [0.25, 0.3) is 0 Å². The zero-order chi connectivity index (χ0) is 16.7. The van der Waals surface area contributed by atoms with Gasteiger partial charge in [-0.2, -0.15) is 0 Å². The van der Waals surface area contributed by atoms with Gasteiger partial charge in [0.05, 0.1) is 17.1 Å². The molecule has 1 saturated heterocycles. The lowest BCUT2D eigenvalue weighted by molar-refractivity contribution is -0.384. The lowest BCUT2D eigenvalue weighted by Crippen LogP contribution is -2.39. The smallest absolute Gasteiger partial charge is 0.338 e. The molecular formula is C17H24N2O4. The lowest BCUT2D eigenvalue weighted by Gasteiger charge is -2.34. The van der Waals surface area contributed by atoms with Gasteiger partial charge in [0.2, 0.25) is 0 Å². The molecule has 1 aromatic carbocycles. The molecule has 2 rings (SSSR count). The van der Waals surface area contributed by atoms with Gasteiger partial charge in [-0.3, -0.25) is 10.1 Å². The van der Waals surface area contributed by atoms with Gasteiger partial charge < -0.3 is 9.64 Å². The van der Waals surface area contributed by atoms with Crippen molar-refractivity contribution in [3.8, 4) is 0 Å². The molecule has 0 aliphatic carbocycles. The van der Waals surface area contributed by atoms with Crippen LogP contribution >= 0.6 is 0 Å². The minimum Gasteiger partial charge on any atom is -0.462 e. The summed E-state index contributed by atoms with van der Waals surface area (Å²) in [7, 11) is 0. The van der Waals surface area contributed by atoms with Crippen molar-refractivity contribution in [3.05, 3.63) is 39.9 Å². The van der Waals surface area contributed by atoms with Crippen LogP contribution < -0.4 is 0 Å². The van der Waals surface area contributed by atoms with Crippen molar-refractivity contribution in [2.45, 2.75) is 45.1 Å². The first kappa shape index (κ1) is 17.4. The summed E-state index contributed by atoms with van der Waals surface area (Å²) in [4.78, 5) is 24.6. The lowest BCUT2D eigenvalue weighted by atomic mass is 10.0. The molecule has 0 amide bonds. The Morgan fingerprint density at radius 2 is 1.91 bits per heavy atom. The molecule has 6 heteroatoms. The van der Waals surface area contributed by atoms with E-state index in [4.69, 9.17) is 4.74 Å². The number of nitro groups is 1. The molecule has 1 unspecified atom stereocenters. The van der Waals surface area contributed by atoms with Crippen LogP contribution in [-0.4, -0.2) is 41.5 Å². The van der Waals surface area contributed by atoms with Gasteiger partial charge in [-0.15, -0.1) is 0 Å². The second-order valence-electron chi connectivity index (χ2n) is 5.89. The van der Waals surface area contributed by atoms with Crippen molar-refractivity contribution in [1.29, 1.82) is 0 Å². The van der Waals surface area contributed by atoms with Crippen LogP contribution in [0, 0.1) is 10.1 Å². The zero-order valence-corrected chi connectivity index (χ0v) is 13.6. The first-order chi connectivity index (χ1) is 11.1. The monoisotopic (exact) mass is 320 g/mol. The molecule has 23 heavy (non-hydrogen) atoms. The number of piperidine rings is 1. The molecule has 1 heterocycles. The second-order valence-corrected chi connectivity index (χ2v) is 5.89. The van der Waals surface area contributed by atoms with E-state index >= 15 is 0 Å². The van der Waals surface area contributed by atoms with Gasteiger partial charge in [0.25, 0.3) is 5.69 Å². The molecule has 1 fully saturated rings. The maximum atomic E-state index is 12.0. The maximum absolute atomic E-state index is 12.0. The Labute approximate surface area is 136 Å². The Hall–Kier alpha value is -1.95. The summed E-state index contributed by atoms with van der Waals surface area (Å²) in [5, 5.41) is 10.6. The summed E-state index contributed by atoms with van der Waals surface area (Å²) in [6.07, 6.45) is 5.69. The fourth-order valence-electron chi connectivity index (χ4n) is 3.02. The number of nitro benzene ring substituents is 1. The molecule has 1 aliphatic heterocycles. The van der Waals surface area contributed by atoms with E-state index in [2.05, 4.69) is 11.8 Å². The number of benzene rings is 1. The number of non-ortho nitro benzene ring substituents is 1. The Morgan fingerprint density at radius 3 is 2.48 bits per heavy atom. The molecule has 0 radical (unpaired) electrons. The van der Waals surface area contributed by atoms with Crippen molar-refractivity contribution in [3.63, 3.8) is 0 Å². The summed E-state index contributed by atoms with van der Waals surface area (Å²) in [5.41, 5.74) is 0.319. The molecule has 126 valence electrons. The van der Waals surface area contributed by atoms with Crippen LogP contribution in [0.1, 0.15) is 49.4 Å². The SMILES string of the molecule is CCC(CCOC(=O)c1ccc([N+](=O)[O-])cc1)N1CCCCC1. The van der Waals surface area contributed by atoms with Crippen molar-refractivity contribution < 1.29 is 14.5 Å². The summed E-state index contributed by atoms with van der Waals surface area (Å²) in [6, 6.07) is 5.96. The largest absolute Gasteiger partial charge is 0.462 e. The standard InChI is InChI=1S/C17H24N2O4/c1-2-15(18-11-4-3-5-12-18)10-13-23-17(20)14-6-8-16(9-7-14)19(21)22/h6-9,15H,2-5,10-13H2,1H3. The fourth-order valence-corrected chi connectivity index (χ4v) is 3.02. The van der Waals surface area contributed by atoms with Gasteiger partial charge in [-0.05, 0) is 50.9 Å². The summed E-state index contributed by atoms with van der Waals surface area (Å²) in [5.74, 6) is -0.423. The molecule has 1 aliphatic rings. The summed E-state index contributed by atoms with van der Waals surface area (Å²) >= 11 is 0. The number of hydrogen-bond acceptors (Lipinski definition) is 5. The molecule has 1 atom stereocenters. The zero-order valence-electron chi connectivity index (χ0n) is 13.6. The van der Waals surface area contributed by atoms with Crippen LogP contribution in [0.2, 0.25) is 0 Å². The normalized spacial score (nSPS) is 16.7. The summed E-state index contributed by atoms with van der Waals surface area (Å²) < 4.78 is 5.32. The molecule has 0 spiro atoms. The highest BCUT2D eigenvalue weighted by molar-refractivity contribution is 5.89. The Morgan fingerprint density at radius 1 is 1.26 bits per heavy atom. The first-order valence-electron chi connectivity index (χ1n) is 8.27. The van der Waals surface area contributed by atoms with Crippen molar-refractivity contribution in [2.75, 3.05) is 19.7 Å². The van der Waals surface area contributed by atoms with Gasteiger partial charge >= 0.3 is 5.97 Å². The number of nitrogens with zero attached hydrogens (tertiary/aromatic N) is 2. The molecule has 0 N–H and O–H groups in total. The predicted molar refractivity (Wildman–Crippen MR) is 87.5 cm³/mol. The minimum atomic E-state index is -0.487. The fraction of sp³-hybridized carbons (Fsp3) is 0.588. The highest BCUT2D eigenvalue weighted by Gasteiger charge is 2.19. The quantitative estimate of drug-likeness (QED) is 0.437. The maximum Gasteiger partial charge on any atom is 0.338 e. The first-order valence-corrected chi connectivity index (χ1v) is 8.27. The number of carbonyl (C=O) groups excluding carboxylic acids is 1. The number of esters is 1. The van der Waals surface area contributed by atoms with E-state index in [0.717, 1.165) is 25.9 Å². The van der Waals surface area contributed by atoms with Gasteiger partial charge in [-0.1, -0.05) is 13.3 Å². The van der Waals surface area contributed by atoms with Crippen LogP contribution in [0.3, 0.4) is 0 Å². The average molecular weight is 320 g/mol. The highest BCUT2D eigenvalue weighted by Crippen LogP contribution is 2.17. The number of likely N-dealkylation sites (tertiary alicyclic amines) is 1.